The summed E-state index contributed by atoms with van der Waals surface area (Å²) in [6, 6.07) is -0.169. The van der Waals surface area contributed by atoms with Crippen LogP contribution in [0, 0.1) is 0 Å². The number of amides is 1. The number of hydrogen-bond donors (Lipinski definition) is 2. The fourth-order valence-electron chi connectivity index (χ4n) is 2.01. The molecule has 0 radical (unpaired) electrons. The minimum absolute atomic E-state index is 0.0270. The molecule has 1 saturated heterocycles. The van der Waals surface area contributed by atoms with Crippen molar-refractivity contribution in [1.82, 2.24) is 10.6 Å². The summed E-state index contributed by atoms with van der Waals surface area (Å²) in [6.07, 6.45) is 4.10. The van der Waals surface area contributed by atoms with E-state index in [0.717, 1.165) is 25.8 Å². The molecule has 1 amide bonds. The lowest BCUT2D eigenvalue weighted by Crippen LogP contribution is -2.53. The van der Waals surface area contributed by atoms with Gasteiger partial charge in [0, 0.05) is 13.1 Å². The molecule has 14 heavy (non-hydrogen) atoms. The Morgan fingerprint density at radius 2 is 2.29 bits per heavy atom. The van der Waals surface area contributed by atoms with Gasteiger partial charge in [0.2, 0.25) is 5.91 Å². The minimum atomic E-state index is -1.03. The summed E-state index contributed by atoms with van der Waals surface area (Å²) < 4.78 is 13.6. The number of nitrogens with one attached hydrogen (secondary N) is 2. The van der Waals surface area contributed by atoms with E-state index in [1.807, 2.05) is 0 Å². The second kappa shape index (κ2) is 3.85. The van der Waals surface area contributed by atoms with Crippen LogP contribution in [-0.4, -0.2) is 30.7 Å². The topological polar surface area (TPSA) is 41.1 Å². The third-order valence-corrected chi connectivity index (χ3v) is 3.20. The average molecular weight is 200 g/mol. The Bertz CT molecular complexity index is 228. The highest BCUT2D eigenvalue weighted by atomic mass is 19.1. The highest BCUT2D eigenvalue weighted by molar-refractivity contribution is 5.82. The first-order chi connectivity index (χ1) is 6.70. The van der Waals surface area contributed by atoms with Crippen molar-refractivity contribution < 1.29 is 9.18 Å². The maximum absolute atomic E-state index is 13.6. The first-order valence-electron chi connectivity index (χ1n) is 5.40. The zero-order valence-corrected chi connectivity index (χ0v) is 8.31. The highest BCUT2D eigenvalue weighted by Crippen LogP contribution is 2.35. The van der Waals surface area contributed by atoms with E-state index in [9.17, 15) is 9.18 Å². The standard InChI is InChI=1S/C10H17FN2O/c11-10(4-2-5-10)7-13-8-3-1-6-12-9(8)14/h8,13H,1-7H2,(H,12,14). The van der Waals surface area contributed by atoms with Crippen molar-refractivity contribution in [3.8, 4) is 0 Å². The van der Waals surface area contributed by atoms with Gasteiger partial charge in [-0.1, -0.05) is 0 Å². The summed E-state index contributed by atoms with van der Waals surface area (Å²) in [7, 11) is 0. The normalized spacial score (nSPS) is 30.6. The Kier molecular flexibility index (Phi) is 2.72. The average Bonchev–Trinajstić information content (AvgIpc) is 2.14. The number of carbonyl (C=O) groups is 1. The Morgan fingerprint density at radius 3 is 2.86 bits per heavy atom. The summed E-state index contributed by atoms with van der Waals surface area (Å²) in [5, 5.41) is 5.81. The van der Waals surface area contributed by atoms with Crippen molar-refractivity contribution in [1.29, 1.82) is 0 Å². The third-order valence-electron chi connectivity index (χ3n) is 3.20. The zero-order valence-electron chi connectivity index (χ0n) is 8.31. The van der Waals surface area contributed by atoms with Gasteiger partial charge in [0.15, 0.2) is 0 Å². The van der Waals surface area contributed by atoms with Crippen molar-refractivity contribution in [2.75, 3.05) is 13.1 Å². The number of carbonyl (C=O) groups excluding carboxylic acids is 1. The molecule has 1 atom stereocenters. The summed E-state index contributed by atoms with van der Waals surface area (Å²) in [5.41, 5.74) is -1.03. The van der Waals surface area contributed by atoms with E-state index >= 15 is 0 Å². The number of halogens is 1. The minimum Gasteiger partial charge on any atom is -0.355 e. The van der Waals surface area contributed by atoms with Crippen LogP contribution in [0.5, 0.6) is 0 Å². The van der Waals surface area contributed by atoms with Gasteiger partial charge in [-0.3, -0.25) is 4.79 Å². The molecule has 1 saturated carbocycles. The lowest BCUT2D eigenvalue weighted by atomic mass is 9.82. The number of alkyl halides is 1. The van der Waals surface area contributed by atoms with Gasteiger partial charge in [-0.05, 0) is 32.1 Å². The molecule has 1 aliphatic heterocycles. The fourth-order valence-corrected chi connectivity index (χ4v) is 2.01. The van der Waals surface area contributed by atoms with E-state index in [2.05, 4.69) is 10.6 Å². The lowest BCUT2D eigenvalue weighted by molar-refractivity contribution is -0.124. The van der Waals surface area contributed by atoms with Gasteiger partial charge in [-0.2, -0.15) is 0 Å². The quantitative estimate of drug-likeness (QED) is 0.705. The molecule has 0 aromatic rings. The molecule has 80 valence electrons. The van der Waals surface area contributed by atoms with E-state index < -0.39 is 5.67 Å². The van der Waals surface area contributed by atoms with Crippen molar-refractivity contribution in [3.63, 3.8) is 0 Å². The molecule has 0 spiro atoms. The first kappa shape index (κ1) is 9.90. The van der Waals surface area contributed by atoms with Crippen LogP contribution in [0.2, 0.25) is 0 Å². The van der Waals surface area contributed by atoms with Gasteiger partial charge in [-0.15, -0.1) is 0 Å². The fraction of sp³-hybridized carbons (Fsp3) is 0.900. The van der Waals surface area contributed by atoms with Gasteiger partial charge in [0.25, 0.3) is 0 Å². The molecule has 0 bridgehead atoms. The monoisotopic (exact) mass is 200 g/mol. The molecule has 4 heteroatoms. The summed E-state index contributed by atoms with van der Waals surface area (Å²) >= 11 is 0. The predicted molar refractivity (Wildman–Crippen MR) is 51.7 cm³/mol. The van der Waals surface area contributed by atoms with Crippen LogP contribution in [0.25, 0.3) is 0 Å². The molecule has 1 aliphatic carbocycles. The van der Waals surface area contributed by atoms with Crippen LogP contribution in [0.1, 0.15) is 32.1 Å². The van der Waals surface area contributed by atoms with Crippen LogP contribution in [0.3, 0.4) is 0 Å². The Balaban J connectivity index is 1.76. The predicted octanol–water partition coefficient (Wildman–Crippen LogP) is 0.747. The molecule has 3 nitrogen and oxygen atoms in total. The molecule has 2 rings (SSSR count). The molecule has 0 aromatic heterocycles. The Labute approximate surface area is 83.4 Å². The number of rotatable bonds is 3. The van der Waals surface area contributed by atoms with Gasteiger partial charge in [0.1, 0.15) is 5.67 Å². The van der Waals surface area contributed by atoms with Crippen molar-refractivity contribution in [2.45, 2.75) is 43.8 Å². The van der Waals surface area contributed by atoms with Gasteiger partial charge in [-0.25, -0.2) is 4.39 Å². The van der Waals surface area contributed by atoms with Crippen molar-refractivity contribution in [3.05, 3.63) is 0 Å². The Hall–Kier alpha value is -0.640. The van der Waals surface area contributed by atoms with E-state index in [-0.39, 0.29) is 11.9 Å². The van der Waals surface area contributed by atoms with Crippen LogP contribution < -0.4 is 10.6 Å². The van der Waals surface area contributed by atoms with E-state index in [0.29, 0.717) is 19.4 Å². The number of hydrogen-bond acceptors (Lipinski definition) is 2. The van der Waals surface area contributed by atoms with E-state index in [1.54, 1.807) is 0 Å². The van der Waals surface area contributed by atoms with Crippen molar-refractivity contribution >= 4 is 5.91 Å². The molecular weight excluding hydrogens is 183 g/mol. The van der Waals surface area contributed by atoms with Gasteiger partial charge < -0.3 is 10.6 Å². The first-order valence-corrected chi connectivity index (χ1v) is 5.40. The summed E-state index contributed by atoms with van der Waals surface area (Å²) in [4.78, 5) is 11.3. The second-order valence-corrected chi connectivity index (χ2v) is 4.37. The molecule has 0 aromatic carbocycles. The van der Waals surface area contributed by atoms with E-state index in [4.69, 9.17) is 0 Å². The molecule has 1 unspecified atom stereocenters. The highest BCUT2D eigenvalue weighted by Gasteiger charge is 2.37. The van der Waals surface area contributed by atoms with Crippen LogP contribution in [0.4, 0.5) is 4.39 Å². The Morgan fingerprint density at radius 1 is 1.50 bits per heavy atom. The lowest BCUT2D eigenvalue weighted by Gasteiger charge is -2.35. The maximum Gasteiger partial charge on any atom is 0.237 e. The summed E-state index contributed by atoms with van der Waals surface area (Å²) in [6.45, 7) is 1.10. The number of piperidine rings is 1. The molecule has 2 aliphatic rings. The largest absolute Gasteiger partial charge is 0.355 e. The summed E-state index contributed by atoms with van der Waals surface area (Å²) in [5.74, 6) is 0.0270. The van der Waals surface area contributed by atoms with Crippen LogP contribution >= 0.6 is 0 Å². The molecule has 2 N–H and O–H groups in total. The molecule has 2 fully saturated rings. The maximum atomic E-state index is 13.6. The second-order valence-electron chi connectivity index (χ2n) is 4.37. The molecule has 1 heterocycles. The van der Waals surface area contributed by atoms with Gasteiger partial charge >= 0.3 is 0 Å². The van der Waals surface area contributed by atoms with E-state index in [1.165, 1.54) is 0 Å². The van der Waals surface area contributed by atoms with Crippen LogP contribution in [0.15, 0.2) is 0 Å². The molecular formula is C10H17FN2O. The zero-order chi connectivity index (χ0) is 10.0. The smallest absolute Gasteiger partial charge is 0.237 e. The van der Waals surface area contributed by atoms with Gasteiger partial charge in [0.05, 0.1) is 6.04 Å². The van der Waals surface area contributed by atoms with Crippen LogP contribution in [-0.2, 0) is 4.79 Å². The van der Waals surface area contributed by atoms with Crippen molar-refractivity contribution in [2.24, 2.45) is 0 Å². The third kappa shape index (κ3) is 2.05. The SMILES string of the molecule is O=C1NCCCC1NCC1(F)CCC1.